The Kier molecular flexibility index (Phi) is 6.23. The number of carbonyl (C=O) groups is 1. The van der Waals surface area contributed by atoms with E-state index in [1.54, 1.807) is 26.4 Å². The van der Waals surface area contributed by atoms with Gasteiger partial charge in [-0.2, -0.15) is 0 Å². The molecule has 1 aliphatic heterocycles. The van der Waals surface area contributed by atoms with Crippen LogP contribution in [-0.4, -0.2) is 31.6 Å². The molecule has 0 fully saturated rings. The smallest absolute Gasteiger partial charge is 0.254 e. The highest BCUT2D eigenvalue weighted by atomic mass is 19.1. The number of hydrogen-bond acceptors (Lipinski definition) is 3. The predicted molar refractivity (Wildman–Crippen MR) is 134 cm³/mol. The molecule has 1 atom stereocenters. The van der Waals surface area contributed by atoms with E-state index in [0.29, 0.717) is 30.0 Å². The van der Waals surface area contributed by atoms with E-state index in [2.05, 4.69) is 0 Å². The van der Waals surface area contributed by atoms with Gasteiger partial charge in [-0.15, -0.1) is 0 Å². The number of fused-ring (bicyclic) bond motifs is 1. The molecule has 5 heteroatoms. The number of nitrogens with zero attached hydrogens (tertiary/aromatic N) is 1. The van der Waals surface area contributed by atoms with Gasteiger partial charge in [0, 0.05) is 12.1 Å². The maximum atomic E-state index is 13.8. The lowest BCUT2D eigenvalue weighted by atomic mass is 9.87. The molecule has 1 aliphatic rings. The Bertz CT molecular complexity index is 1330. The average Bonchev–Trinajstić information content (AvgIpc) is 2.92. The molecule has 1 heterocycles. The zero-order valence-electron chi connectivity index (χ0n) is 19.7. The summed E-state index contributed by atoms with van der Waals surface area (Å²) in [6, 6.07) is 27.6. The molecule has 0 unspecified atom stereocenters. The summed E-state index contributed by atoms with van der Waals surface area (Å²) in [5.74, 6) is 0.867. The van der Waals surface area contributed by atoms with Crippen molar-refractivity contribution in [2.75, 3.05) is 20.8 Å². The number of benzene rings is 4. The summed E-state index contributed by atoms with van der Waals surface area (Å²) in [4.78, 5) is 15.6. The topological polar surface area (TPSA) is 38.8 Å². The minimum absolute atomic E-state index is 0.0700. The Morgan fingerprint density at radius 3 is 2.11 bits per heavy atom. The first-order valence-corrected chi connectivity index (χ1v) is 11.6. The third-order valence-corrected chi connectivity index (χ3v) is 6.56. The second-order valence-electron chi connectivity index (χ2n) is 8.55. The van der Waals surface area contributed by atoms with Crippen LogP contribution in [0.3, 0.4) is 0 Å². The van der Waals surface area contributed by atoms with E-state index in [4.69, 9.17) is 9.47 Å². The summed E-state index contributed by atoms with van der Waals surface area (Å²) >= 11 is 0. The predicted octanol–water partition coefficient (Wildman–Crippen LogP) is 6.30. The number of ether oxygens (including phenoxy) is 2. The third kappa shape index (κ3) is 4.37. The molecule has 0 radical (unpaired) electrons. The quantitative estimate of drug-likeness (QED) is 0.346. The molecule has 0 N–H and O–H groups in total. The molecule has 0 saturated carbocycles. The first-order valence-electron chi connectivity index (χ1n) is 11.6. The molecule has 0 aliphatic carbocycles. The zero-order chi connectivity index (χ0) is 24.4. The summed E-state index contributed by atoms with van der Waals surface area (Å²) in [5.41, 5.74) is 5.64. The van der Waals surface area contributed by atoms with Crippen LogP contribution in [0.2, 0.25) is 0 Å². The monoisotopic (exact) mass is 467 g/mol. The van der Waals surface area contributed by atoms with Crippen LogP contribution >= 0.6 is 0 Å². The Labute approximate surface area is 204 Å². The average molecular weight is 468 g/mol. The van der Waals surface area contributed by atoms with Gasteiger partial charge >= 0.3 is 0 Å². The highest BCUT2D eigenvalue weighted by Gasteiger charge is 2.34. The second kappa shape index (κ2) is 9.63. The van der Waals surface area contributed by atoms with Crippen LogP contribution in [0, 0.1) is 5.82 Å². The molecule has 0 saturated heterocycles. The number of halogens is 1. The second-order valence-corrected chi connectivity index (χ2v) is 8.55. The molecular weight excluding hydrogens is 441 g/mol. The Hall–Kier alpha value is -4.12. The fourth-order valence-electron chi connectivity index (χ4n) is 4.77. The summed E-state index contributed by atoms with van der Waals surface area (Å²) in [7, 11) is 3.21. The summed E-state index contributed by atoms with van der Waals surface area (Å²) in [6.07, 6.45) is 0.682. The molecule has 1 amide bonds. The zero-order valence-corrected chi connectivity index (χ0v) is 19.7. The first kappa shape index (κ1) is 22.7. The van der Waals surface area contributed by atoms with Gasteiger partial charge < -0.3 is 14.4 Å². The minimum atomic E-state index is -0.375. The number of methoxy groups -OCH3 is 2. The minimum Gasteiger partial charge on any atom is -0.493 e. The van der Waals surface area contributed by atoms with Crippen molar-refractivity contribution in [1.29, 1.82) is 0 Å². The lowest BCUT2D eigenvalue weighted by molar-refractivity contribution is 0.0694. The first-order chi connectivity index (χ1) is 17.1. The van der Waals surface area contributed by atoms with Gasteiger partial charge in [0.2, 0.25) is 0 Å². The lowest BCUT2D eigenvalue weighted by Gasteiger charge is -2.38. The Balaban J connectivity index is 1.54. The molecule has 5 rings (SSSR count). The molecule has 4 aromatic rings. The molecule has 176 valence electrons. The number of hydrogen-bond donors (Lipinski definition) is 0. The van der Waals surface area contributed by atoms with Crippen LogP contribution in [0.4, 0.5) is 4.39 Å². The standard InChI is InChI=1S/C30H26FNO3/c1-34-27-18-24-16-17-32(29(26(24)19-28(27)35-2)22-12-14-25(31)15-13-22)30(33)23-10-8-21(9-11-23)20-6-4-3-5-7-20/h3-15,18-19,29H,16-17H2,1-2H3/t29-/m0/s1. The van der Waals surface area contributed by atoms with E-state index < -0.39 is 0 Å². The maximum absolute atomic E-state index is 13.8. The highest BCUT2D eigenvalue weighted by Crippen LogP contribution is 2.41. The van der Waals surface area contributed by atoms with Gasteiger partial charge in [0.1, 0.15) is 5.82 Å². The van der Waals surface area contributed by atoms with Gasteiger partial charge in [-0.1, -0.05) is 54.6 Å². The van der Waals surface area contributed by atoms with Crippen molar-refractivity contribution in [1.82, 2.24) is 4.90 Å². The largest absolute Gasteiger partial charge is 0.493 e. The molecule has 35 heavy (non-hydrogen) atoms. The SMILES string of the molecule is COc1cc2c(cc1OC)[C@H](c1ccc(F)cc1)N(C(=O)c1ccc(-c3ccccc3)cc1)CC2. The van der Waals surface area contributed by atoms with Crippen molar-refractivity contribution in [2.24, 2.45) is 0 Å². The van der Waals surface area contributed by atoms with Crippen molar-refractivity contribution in [3.05, 3.63) is 119 Å². The summed E-state index contributed by atoms with van der Waals surface area (Å²) < 4.78 is 24.8. The molecular formula is C30H26FNO3. The summed E-state index contributed by atoms with van der Waals surface area (Å²) in [6.45, 7) is 0.532. The molecule has 0 aromatic heterocycles. The lowest BCUT2D eigenvalue weighted by Crippen LogP contribution is -2.40. The van der Waals surface area contributed by atoms with E-state index in [1.165, 1.54) is 12.1 Å². The van der Waals surface area contributed by atoms with Crippen LogP contribution in [0.25, 0.3) is 11.1 Å². The normalized spacial score (nSPS) is 14.8. The molecule has 0 bridgehead atoms. The van der Waals surface area contributed by atoms with Gasteiger partial charge in [-0.25, -0.2) is 4.39 Å². The molecule has 4 aromatic carbocycles. The highest BCUT2D eigenvalue weighted by molar-refractivity contribution is 5.95. The fourth-order valence-corrected chi connectivity index (χ4v) is 4.77. The van der Waals surface area contributed by atoms with Gasteiger partial charge in [-0.05, 0) is 70.6 Å². The Morgan fingerprint density at radius 1 is 0.829 bits per heavy atom. The van der Waals surface area contributed by atoms with Crippen LogP contribution in [-0.2, 0) is 6.42 Å². The third-order valence-electron chi connectivity index (χ3n) is 6.56. The Morgan fingerprint density at radius 2 is 1.46 bits per heavy atom. The molecule has 4 nitrogen and oxygen atoms in total. The van der Waals surface area contributed by atoms with Crippen LogP contribution < -0.4 is 9.47 Å². The van der Waals surface area contributed by atoms with E-state index >= 15 is 0 Å². The van der Waals surface area contributed by atoms with Gasteiger partial charge in [0.15, 0.2) is 11.5 Å². The van der Waals surface area contributed by atoms with Crippen molar-refractivity contribution in [3.8, 4) is 22.6 Å². The van der Waals surface area contributed by atoms with Gasteiger partial charge in [0.05, 0.1) is 20.3 Å². The number of rotatable bonds is 5. The van der Waals surface area contributed by atoms with Crippen molar-refractivity contribution in [3.63, 3.8) is 0 Å². The number of amides is 1. The van der Waals surface area contributed by atoms with Crippen molar-refractivity contribution < 1.29 is 18.7 Å². The van der Waals surface area contributed by atoms with Crippen LogP contribution in [0.1, 0.15) is 33.1 Å². The van der Waals surface area contributed by atoms with E-state index in [0.717, 1.165) is 27.8 Å². The summed E-state index contributed by atoms with van der Waals surface area (Å²) in [5, 5.41) is 0. The molecule has 0 spiro atoms. The fraction of sp³-hybridized carbons (Fsp3) is 0.167. The van der Waals surface area contributed by atoms with Gasteiger partial charge in [-0.3, -0.25) is 4.79 Å². The van der Waals surface area contributed by atoms with Crippen molar-refractivity contribution in [2.45, 2.75) is 12.5 Å². The number of carbonyl (C=O) groups excluding carboxylic acids is 1. The van der Waals surface area contributed by atoms with E-state index in [9.17, 15) is 9.18 Å². The van der Waals surface area contributed by atoms with Crippen LogP contribution in [0.5, 0.6) is 11.5 Å². The van der Waals surface area contributed by atoms with Crippen molar-refractivity contribution >= 4 is 5.91 Å². The van der Waals surface area contributed by atoms with Crippen LogP contribution in [0.15, 0.2) is 91.0 Å². The maximum Gasteiger partial charge on any atom is 0.254 e. The van der Waals surface area contributed by atoms with E-state index in [-0.39, 0.29) is 17.8 Å². The van der Waals surface area contributed by atoms with E-state index in [1.807, 2.05) is 71.6 Å². The van der Waals surface area contributed by atoms with Gasteiger partial charge in [0.25, 0.3) is 5.91 Å².